The average molecular weight is 234 g/mol. The van der Waals surface area contributed by atoms with Gasteiger partial charge in [-0.05, 0) is 37.6 Å². The van der Waals surface area contributed by atoms with E-state index in [2.05, 4.69) is 5.32 Å². The summed E-state index contributed by atoms with van der Waals surface area (Å²) < 4.78 is 5.12. The lowest BCUT2D eigenvalue weighted by Gasteiger charge is -2.11. The van der Waals surface area contributed by atoms with Crippen LogP contribution >= 0.6 is 0 Å². The van der Waals surface area contributed by atoms with Crippen molar-refractivity contribution in [1.82, 2.24) is 5.32 Å². The minimum atomic E-state index is 0.107. The molecule has 1 aliphatic rings. The number of hydrogen-bond donors (Lipinski definition) is 2. The average Bonchev–Trinajstić information content (AvgIpc) is 2.82. The minimum absolute atomic E-state index is 0.107. The van der Waals surface area contributed by atoms with Crippen molar-refractivity contribution in [3.8, 4) is 5.75 Å². The first kappa shape index (κ1) is 11.9. The Hall–Kier alpha value is -1.55. The Balaban J connectivity index is 2.12. The summed E-state index contributed by atoms with van der Waals surface area (Å²) in [5, 5.41) is 3.26. The summed E-state index contributed by atoms with van der Waals surface area (Å²) >= 11 is 0. The molecule has 0 spiro atoms. The Morgan fingerprint density at radius 3 is 3.06 bits per heavy atom. The molecule has 1 atom stereocenters. The summed E-state index contributed by atoms with van der Waals surface area (Å²) in [5.74, 6) is 1.11. The van der Waals surface area contributed by atoms with E-state index < -0.39 is 0 Å². The molecule has 0 amide bonds. The molecule has 1 aromatic rings. The highest BCUT2D eigenvalue weighted by molar-refractivity contribution is 6.02. The molecule has 1 saturated heterocycles. The molecular formula is C13H18N2O2. The number of Topliss-reactive ketones (excluding diaryl/α,β-unsaturated/α-hetero) is 1. The first-order valence-electron chi connectivity index (χ1n) is 5.88. The standard InChI is InChI=1S/C13H18N2O2/c1-17-12-4-2-3-10(13(12)14)11(16)7-9-5-6-15-8-9/h2-4,9,15H,5-8,14H2,1H3. The highest BCUT2D eigenvalue weighted by Gasteiger charge is 2.20. The molecular weight excluding hydrogens is 216 g/mol. The number of nitrogens with two attached hydrogens (primary N) is 1. The van der Waals surface area contributed by atoms with Crippen molar-refractivity contribution in [3.63, 3.8) is 0 Å². The van der Waals surface area contributed by atoms with Crippen molar-refractivity contribution < 1.29 is 9.53 Å². The van der Waals surface area contributed by atoms with Crippen LogP contribution in [0.2, 0.25) is 0 Å². The molecule has 2 rings (SSSR count). The summed E-state index contributed by atoms with van der Waals surface area (Å²) in [7, 11) is 1.56. The highest BCUT2D eigenvalue weighted by Crippen LogP contribution is 2.27. The number of anilines is 1. The Bertz CT molecular complexity index is 412. The van der Waals surface area contributed by atoms with Crippen molar-refractivity contribution in [2.24, 2.45) is 5.92 Å². The van der Waals surface area contributed by atoms with E-state index in [4.69, 9.17) is 10.5 Å². The van der Waals surface area contributed by atoms with Gasteiger partial charge in [0.2, 0.25) is 0 Å². The molecule has 0 bridgehead atoms. The SMILES string of the molecule is COc1cccc(C(=O)CC2CCNC2)c1N. The van der Waals surface area contributed by atoms with Crippen LogP contribution in [0.25, 0.3) is 0 Å². The topological polar surface area (TPSA) is 64.3 Å². The Morgan fingerprint density at radius 1 is 1.59 bits per heavy atom. The Labute approximate surface area is 101 Å². The third-order valence-electron chi connectivity index (χ3n) is 3.22. The lowest BCUT2D eigenvalue weighted by atomic mass is 9.96. The second kappa shape index (κ2) is 5.19. The molecule has 3 N–H and O–H groups in total. The van der Waals surface area contributed by atoms with Crippen LogP contribution in [0.1, 0.15) is 23.2 Å². The molecule has 4 nitrogen and oxygen atoms in total. The molecule has 1 heterocycles. The van der Waals surface area contributed by atoms with Crippen molar-refractivity contribution >= 4 is 11.5 Å². The van der Waals surface area contributed by atoms with Crippen molar-refractivity contribution in [2.75, 3.05) is 25.9 Å². The second-order valence-corrected chi connectivity index (χ2v) is 4.41. The number of methoxy groups -OCH3 is 1. The molecule has 1 aliphatic heterocycles. The Morgan fingerprint density at radius 2 is 2.41 bits per heavy atom. The molecule has 0 saturated carbocycles. The number of carbonyl (C=O) groups is 1. The monoisotopic (exact) mass is 234 g/mol. The number of ether oxygens (including phenoxy) is 1. The van der Waals surface area contributed by atoms with Crippen molar-refractivity contribution in [1.29, 1.82) is 0 Å². The number of para-hydroxylation sites is 1. The third-order valence-corrected chi connectivity index (χ3v) is 3.22. The van der Waals surface area contributed by atoms with Gasteiger partial charge in [0.15, 0.2) is 5.78 Å². The third kappa shape index (κ3) is 2.58. The van der Waals surface area contributed by atoms with Crippen LogP contribution in [0.4, 0.5) is 5.69 Å². The van der Waals surface area contributed by atoms with Gasteiger partial charge in [-0.3, -0.25) is 4.79 Å². The Kier molecular flexibility index (Phi) is 3.64. The number of benzene rings is 1. The summed E-state index contributed by atoms with van der Waals surface area (Å²) in [5.41, 5.74) is 6.94. The predicted octanol–water partition coefficient (Wildman–Crippen LogP) is 1.46. The van der Waals surface area contributed by atoms with Gasteiger partial charge < -0.3 is 15.8 Å². The second-order valence-electron chi connectivity index (χ2n) is 4.41. The van der Waals surface area contributed by atoms with E-state index in [1.807, 2.05) is 0 Å². The van der Waals surface area contributed by atoms with E-state index in [0.717, 1.165) is 19.5 Å². The van der Waals surface area contributed by atoms with Gasteiger partial charge >= 0.3 is 0 Å². The van der Waals surface area contributed by atoms with Gasteiger partial charge in [-0.15, -0.1) is 0 Å². The lowest BCUT2D eigenvalue weighted by molar-refractivity contribution is 0.0965. The predicted molar refractivity (Wildman–Crippen MR) is 67.3 cm³/mol. The number of nitrogens with one attached hydrogen (secondary N) is 1. The van der Waals surface area contributed by atoms with Crippen LogP contribution in [0.5, 0.6) is 5.75 Å². The van der Waals surface area contributed by atoms with E-state index in [9.17, 15) is 4.79 Å². The maximum Gasteiger partial charge on any atom is 0.165 e. The zero-order valence-electron chi connectivity index (χ0n) is 10.0. The minimum Gasteiger partial charge on any atom is -0.495 e. The molecule has 1 unspecified atom stereocenters. The fraction of sp³-hybridized carbons (Fsp3) is 0.462. The zero-order chi connectivity index (χ0) is 12.3. The van der Waals surface area contributed by atoms with E-state index in [1.165, 1.54) is 0 Å². The number of ketones is 1. The van der Waals surface area contributed by atoms with E-state index in [0.29, 0.717) is 29.3 Å². The quantitative estimate of drug-likeness (QED) is 0.611. The van der Waals surface area contributed by atoms with Crippen LogP contribution in [0.3, 0.4) is 0 Å². The van der Waals surface area contributed by atoms with Gasteiger partial charge in [0.05, 0.1) is 12.8 Å². The summed E-state index contributed by atoms with van der Waals surface area (Å²) in [4.78, 5) is 12.1. The smallest absolute Gasteiger partial charge is 0.165 e. The molecule has 17 heavy (non-hydrogen) atoms. The van der Waals surface area contributed by atoms with E-state index in [1.54, 1.807) is 25.3 Å². The van der Waals surface area contributed by atoms with E-state index in [-0.39, 0.29) is 5.78 Å². The molecule has 1 aromatic carbocycles. The fourth-order valence-corrected chi connectivity index (χ4v) is 2.23. The number of rotatable bonds is 4. The molecule has 0 aliphatic carbocycles. The number of carbonyl (C=O) groups excluding carboxylic acids is 1. The van der Waals surface area contributed by atoms with Gasteiger partial charge in [0, 0.05) is 12.0 Å². The molecule has 0 aromatic heterocycles. The van der Waals surface area contributed by atoms with Crippen LogP contribution < -0.4 is 15.8 Å². The van der Waals surface area contributed by atoms with Gasteiger partial charge in [-0.1, -0.05) is 6.07 Å². The van der Waals surface area contributed by atoms with Gasteiger partial charge in [0.1, 0.15) is 5.75 Å². The fourth-order valence-electron chi connectivity index (χ4n) is 2.23. The van der Waals surface area contributed by atoms with Crippen molar-refractivity contribution in [3.05, 3.63) is 23.8 Å². The van der Waals surface area contributed by atoms with Crippen LogP contribution in [0, 0.1) is 5.92 Å². The highest BCUT2D eigenvalue weighted by atomic mass is 16.5. The maximum absolute atomic E-state index is 12.1. The van der Waals surface area contributed by atoms with Crippen molar-refractivity contribution in [2.45, 2.75) is 12.8 Å². The maximum atomic E-state index is 12.1. The summed E-state index contributed by atoms with van der Waals surface area (Å²) in [6.07, 6.45) is 1.62. The van der Waals surface area contributed by atoms with E-state index >= 15 is 0 Å². The number of hydrogen-bond acceptors (Lipinski definition) is 4. The van der Waals surface area contributed by atoms with Crippen LogP contribution in [-0.4, -0.2) is 26.0 Å². The first-order chi connectivity index (χ1) is 8.22. The zero-order valence-corrected chi connectivity index (χ0v) is 10.0. The van der Waals surface area contributed by atoms with Gasteiger partial charge in [0.25, 0.3) is 0 Å². The molecule has 92 valence electrons. The van der Waals surface area contributed by atoms with Gasteiger partial charge in [-0.2, -0.15) is 0 Å². The van der Waals surface area contributed by atoms with Crippen LogP contribution in [-0.2, 0) is 0 Å². The molecule has 1 fully saturated rings. The molecule has 4 heteroatoms. The van der Waals surface area contributed by atoms with Crippen LogP contribution in [0.15, 0.2) is 18.2 Å². The summed E-state index contributed by atoms with van der Waals surface area (Å²) in [6, 6.07) is 5.33. The first-order valence-corrected chi connectivity index (χ1v) is 5.88. The molecule has 0 radical (unpaired) electrons. The number of nitrogen functional groups attached to an aromatic ring is 1. The lowest BCUT2D eigenvalue weighted by Crippen LogP contribution is -2.14. The summed E-state index contributed by atoms with van der Waals surface area (Å²) in [6.45, 7) is 1.93. The van der Waals surface area contributed by atoms with Gasteiger partial charge in [-0.25, -0.2) is 0 Å². The largest absolute Gasteiger partial charge is 0.495 e. The normalized spacial score (nSPS) is 19.2.